The lowest BCUT2D eigenvalue weighted by atomic mass is 10.0. The highest BCUT2D eigenvalue weighted by Gasteiger charge is 2.17. The standard InChI is InChI=1S/C13H19N5O2/c1-14-7-6-11(18-16-9-15-17-18)10-4-5-12(19-2)13(8-10)20-3/h4-5,8-9,11,14H,6-7H2,1-3H3. The van der Waals surface area contributed by atoms with Crippen LogP contribution in [-0.4, -0.2) is 48.0 Å². The quantitative estimate of drug-likeness (QED) is 0.810. The summed E-state index contributed by atoms with van der Waals surface area (Å²) in [6, 6.07) is 5.83. The van der Waals surface area contributed by atoms with E-state index in [1.807, 2.05) is 25.2 Å². The Morgan fingerprint density at radius 2 is 2.05 bits per heavy atom. The first kappa shape index (κ1) is 14.3. The van der Waals surface area contributed by atoms with Crippen LogP contribution in [0.1, 0.15) is 18.0 Å². The van der Waals surface area contributed by atoms with Crippen LogP contribution >= 0.6 is 0 Å². The Bertz CT molecular complexity index is 530. The average Bonchev–Trinajstić information content (AvgIpc) is 3.01. The van der Waals surface area contributed by atoms with Crippen molar-refractivity contribution in [1.29, 1.82) is 0 Å². The molecule has 0 radical (unpaired) electrons. The Morgan fingerprint density at radius 1 is 1.25 bits per heavy atom. The van der Waals surface area contributed by atoms with Crippen molar-refractivity contribution >= 4 is 0 Å². The van der Waals surface area contributed by atoms with Gasteiger partial charge in [-0.3, -0.25) is 0 Å². The number of ether oxygens (including phenoxy) is 2. The van der Waals surface area contributed by atoms with Crippen LogP contribution in [0, 0.1) is 0 Å². The second kappa shape index (κ2) is 6.85. The van der Waals surface area contributed by atoms with Gasteiger partial charge in [-0.2, -0.15) is 4.80 Å². The molecule has 2 aromatic rings. The van der Waals surface area contributed by atoms with Crippen molar-refractivity contribution < 1.29 is 9.47 Å². The lowest BCUT2D eigenvalue weighted by molar-refractivity contribution is 0.352. The molecule has 1 unspecified atom stereocenters. The summed E-state index contributed by atoms with van der Waals surface area (Å²) in [6.07, 6.45) is 2.29. The van der Waals surface area contributed by atoms with Crippen molar-refractivity contribution in [3.8, 4) is 11.5 Å². The topological polar surface area (TPSA) is 74.1 Å². The van der Waals surface area contributed by atoms with Crippen molar-refractivity contribution in [2.75, 3.05) is 27.8 Å². The van der Waals surface area contributed by atoms with Gasteiger partial charge in [0.05, 0.1) is 20.3 Å². The lowest BCUT2D eigenvalue weighted by Crippen LogP contribution is -2.20. The van der Waals surface area contributed by atoms with Gasteiger partial charge in [0.1, 0.15) is 0 Å². The molecule has 2 rings (SSSR count). The molecular weight excluding hydrogens is 258 g/mol. The number of nitrogens with one attached hydrogen (secondary N) is 1. The monoisotopic (exact) mass is 277 g/mol. The number of nitrogens with zero attached hydrogens (tertiary/aromatic N) is 4. The van der Waals surface area contributed by atoms with Gasteiger partial charge in [-0.15, -0.1) is 10.2 Å². The molecule has 108 valence electrons. The number of hydrogen-bond acceptors (Lipinski definition) is 6. The summed E-state index contributed by atoms with van der Waals surface area (Å²) in [4.78, 5) is 1.61. The predicted molar refractivity (Wildman–Crippen MR) is 74.0 cm³/mol. The minimum atomic E-state index is 0.00440. The zero-order valence-electron chi connectivity index (χ0n) is 11.9. The van der Waals surface area contributed by atoms with Crippen LogP contribution in [0.5, 0.6) is 11.5 Å². The van der Waals surface area contributed by atoms with E-state index in [2.05, 4.69) is 20.7 Å². The van der Waals surface area contributed by atoms with Crippen LogP contribution in [0.4, 0.5) is 0 Å². The molecule has 1 heterocycles. The Kier molecular flexibility index (Phi) is 4.89. The number of tetrazole rings is 1. The maximum atomic E-state index is 5.34. The van der Waals surface area contributed by atoms with Gasteiger partial charge in [-0.25, -0.2) is 0 Å². The summed E-state index contributed by atoms with van der Waals surface area (Å²) in [5.74, 6) is 1.40. The molecule has 0 fully saturated rings. The highest BCUT2D eigenvalue weighted by molar-refractivity contribution is 5.43. The minimum absolute atomic E-state index is 0.00440. The molecule has 0 aliphatic carbocycles. The molecule has 20 heavy (non-hydrogen) atoms. The fourth-order valence-corrected chi connectivity index (χ4v) is 2.07. The smallest absolute Gasteiger partial charge is 0.162 e. The second-order valence-electron chi connectivity index (χ2n) is 4.28. The van der Waals surface area contributed by atoms with Crippen molar-refractivity contribution in [3.63, 3.8) is 0 Å². The first-order valence-corrected chi connectivity index (χ1v) is 6.39. The van der Waals surface area contributed by atoms with E-state index < -0.39 is 0 Å². The predicted octanol–water partition coefficient (Wildman–Crippen LogP) is 0.889. The summed E-state index contributed by atoms with van der Waals surface area (Å²) < 4.78 is 10.6. The number of rotatable bonds is 7. The molecule has 0 saturated carbocycles. The maximum absolute atomic E-state index is 5.34. The van der Waals surface area contributed by atoms with E-state index in [0.717, 1.165) is 18.5 Å². The average molecular weight is 277 g/mol. The molecule has 0 amide bonds. The van der Waals surface area contributed by atoms with E-state index in [4.69, 9.17) is 9.47 Å². The third-order valence-electron chi connectivity index (χ3n) is 3.10. The van der Waals surface area contributed by atoms with Gasteiger partial charge in [-0.1, -0.05) is 6.07 Å². The van der Waals surface area contributed by atoms with E-state index in [1.165, 1.54) is 6.33 Å². The fraction of sp³-hybridized carbons (Fsp3) is 0.462. The lowest BCUT2D eigenvalue weighted by Gasteiger charge is -2.17. The zero-order valence-corrected chi connectivity index (χ0v) is 11.9. The Balaban J connectivity index is 2.33. The van der Waals surface area contributed by atoms with Crippen molar-refractivity contribution in [2.24, 2.45) is 0 Å². The molecule has 0 spiro atoms. The second-order valence-corrected chi connectivity index (χ2v) is 4.28. The molecule has 1 N–H and O–H groups in total. The van der Waals surface area contributed by atoms with E-state index in [-0.39, 0.29) is 6.04 Å². The fourth-order valence-electron chi connectivity index (χ4n) is 2.07. The highest BCUT2D eigenvalue weighted by atomic mass is 16.5. The molecule has 7 heteroatoms. The minimum Gasteiger partial charge on any atom is -0.493 e. The van der Waals surface area contributed by atoms with Gasteiger partial charge < -0.3 is 14.8 Å². The number of benzene rings is 1. The largest absolute Gasteiger partial charge is 0.493 e. The summed E-state index contributed by atoms with van der Waals surface area (Å²) in [6.45, 7) is 0.848. The summed E-state index contributed by atoms with van der Waals surface area (Å²) >= 11 is 0. The molecule has 1 aromatic heterocycles. The van der Waals surface area contributed by atoms with Gasteiger partial charge >= 0.3 is 0 Å². The number of methoxy groups -OCH3 is 2. The third kappa shape index (κ3) is 3.05. The van der Waals surface area contributed by atoms with Gasteiger partial charge in [-0.05, 0) is 42.9 Å². The van der Waals surface area contributed by atoms with E-state index in [1.54, 1.807) is 19.0 Å². The van der Waals surface area contributed by atoms with Crippen LogP contribution < -0.4 is 14.8 Å². The van der Waals surface area contributed by atoms with Gasteiger partial charge in [0.2, 0.25) is 0 Å². The molecule has 1 aromatic carbocycles. The maximum Gasteiger partial charge on any atom is 0.162 e. The Labute approximate surface area is 117 Å². The molecule has 0 aliphatic rings. The normalized spacial score (nSPS) is 12.2. The zero-order chi connectivity index (χ0) is 14.4. The molecular formula is C13H19N5O2. The molecule has 7 nitrogen and oxygen atoms in total. The summed E-state index contributed by atoms with van der Waals surface area (Å²) in [5.41, 5.74) is 1.05. The van der Waals surface area contributed by atoms with Crippen LogP contribution in [0.25, 0.3) is 0 Å². The van der Waals surface area contributed by atoms with Crippen LogP contribution in [-0.2, 0) is 0 Å². The number of aromatic nitrogens is 4. The Hall–Kier alpha value is -2.15. The highest BCUT2D eigenvalue weighted by Crippen LogP contribution is 2.31. The van der Waals surface area contributed by atoms with Gasteiger partial charge in [0.15, 0.2) is 17.8 Å². The summed E-state index contributed by atoms with van der Waals surface area (Å²) in [5, 5.41) is 15.1. The SMILES string of the molecule is CNCCC(c1ccc(OC)c(OC)c1)n1ncnn1. The first-order valence-electron chi connectivity index (χ1n) is 6.39. The van der Waals surface area contributed by atoms with E-state index in [9.17, 15) is 0 Å². The van der Waals surface area contributed by atoms with Gasteiger partial charge in [0, 0.05) is 0 Å². The molecule has 0 bridgehead atoms. The summed E-state index contributed by atoms with van der Waals surface area (Å²) in [7, 11) is 5.16. The first-order chi connectivity index (χ1) is 9.80. The molecule has 0 saturated heterocycles. The third-order valence-corrected chi connectivity index (χ3v) is 3.10. The van der Waals surface area contributed by atoms with E-state index >= 15 is 0 Å². The molecule has 1 atom stereocenters. The van der Waals surface area contributed by atoms with Crippen molar-refractivity contribution in [2.45, 2.75) is 12.5 Å². The van der Waals surface area contributed by atoms with Gasteiger partial charge in [0.25, 0.3) is 0 Å². The van der Waals surface area contributed by atoms with E-state index in [0.29, 0.717) is 11.5 Å². The van der Waals surface area contributed by atoms with Crippen LogP contribution in [0.3, 0.4) is 0 Å². The Morgan fingerprint density at radius 3 is 2.65 bits per heavy atom. The number of hydrogen-bond donors (Lipinski definition) is 1. The van der Waals surface area contributed by atoms with Crippen molar-refractivity contribution in [3.05, 3.63) is 30.1 Å². The van der Waals surface area contributed by atoms with Crippen LogP contribution in [0.15, 0.2) is 24.5 Å². The molecule has 0 aliphatic heterocycles. The van der Waals surface area contributed by atoms with Crippen molar-refractivity contribution in [1.82, 2.24) is 25.5 Å². The van der Waals surface area contributed by atoms with Crippen LogP contribution in [0.2, 0.25) is 0 Å².